The van der Waals surface area contributed by atoms with Crippen molar-refractivity contribution in [1.29, 1.82) is 0 Å². The first-order valence-corrected chi connectivity index (χ1v) is 10.8. The molecule has 2 aliphatic heterocycles. The van der Waals surface area contributed by atoms with Gasteiger partial charge in [0.25, 0.3) is 5.91 Å². The molecule has 0 spiro atoms. The summed E-state index contributed by atoms with van der Waals surface area (Å²) in [6.07, 6.45) is 3.41. The van der Waals surface area contributed by atoms with Crippen LogP contribution in [0.15, 0.2) is 12.1 Å². The Kier molecular flexibility index (Phi) is 8.18. The number of hydrogen-bond acceptors (Lipinski definition) is 7. The number of piperidine rings is 1. The summed E-state index contributed by atoms with van der Waals surface area (Å²) in [6, 6.07) is 3.39. The summed E-state index contributed by atoms with van der Waals surface area (Å²) in [5.74, 6) is 1.37. The zero-order valence-electron chi connectivity index (χ0n) is 18.4. The van der Waals surface area contributed by atoms with Gasteiger partial charge in [-0.3, -0.25) is 9.69 Å². The molecule has 2 saturated heterocycles. The molecular weight excluding hydrogens is 386 g/mol. The molecule has 8 heteroatoms. The van der Waals surface area contributed by atoms with Crippen molar-refractivity contribution in [3.63, 3.8) is 0 Å². The maximum atomic E-state index is 13.0. The first-order valence-electron chi connectivity index (χ1n) is 10.8. The highest BCUT2D eigenvalue weighted by molar-refractivity contribution is 5.95. The number of piperazine rings is 1. The number of likely N-dealkylation sites (tertiary alicyclic amines) is 1. The van der Waals surface area contributed by atoms with Gasteiger partial charge in [-0.05, 0) is 38.1 Å². The van der Waals surface area contributed by atoms with Crippen molar-refractivity contribution in [1.82, 2.24) is 14.7 Å². The van der Waals surface area contributed by atoms with E-state index >= 15 is 0 Å². The van der Waals surface area contributed by atoms with Crippen LogP contribution in [0.1, 0.15) is 29.6 Å². The van der Waals surface area contributed by atoms with Crippen LogP contribution in [0.25, 0.3) is 0 Å². The molecule has 0 aromatic heterocycles. The minimum absolute atomic E-state index is 0.0530. The molecule has 0 bridgehead atoms. The number of nitrogens with zero attached hydrogens (tertiary/aromatic N) is 3. The van der Waals surface area contributed by atoms with Gasteiger partial charge in [0.1, 0.15) is 0 Å². The van der Waals surface area contributed by atoms with Crippen LogP contribution in [0.3, 0.4) is 0 Å². The predicted octanol–water partition coefficient (Wildman–Crippen LogP) is 1.32. The van der Waals surface area contributed by atoms with Crippen LogP contribution in [0.2, 0.25) is 0 Å². The summed E-state index contributed by atoms with van der Waals surface area (Å²) in [7, 11) is 4.62. The number of aliphatic hydroxyl groups is 1. The second kappa shape index (κ2) is 10.8. The maximum Gasteiger partial charge on any atom is 0.254 e. The van der Waals surface area contributed by atoms with Gasteiger partial charge in [0.05, 0.1) is 27.4 Å². The third-order valence-electron chi connectivity index (χ3n) is 5.96. The number of ether oxygens (including phenoxy) is 3. The van der Waals surface area contributed by atoms with Crippen molar-refractivity contribution in [2.75, 3.05) is 73.7 Å². The molecule has 2 aliphatic rings. The van der Waals surface area contributed by atoms with Crippen LogP contribution in [0, 0.1) is 0 Å². The minimum Gasteiger partial charge on any atom is -0.493 e. The molecule has 2 fully saturated rings. The third-order valence-corrected chi connectivity index (χ3v) is 5.96. The van der Waals surface area contributed by atoms with Crippen LogP contribution in [-0.4, -0.2) is 106 Å². The lowest BCUT2D eigenvalue weighted by Crippen LogP contribution is -2.51. The SMILES string of the molecule is COc1cc(C(=O)N2CCN(CC(O)CN3CCCCC3)CC2)cc(OC)c1OC. The lowest BCUT2D eigenvalue weighted by Gasteiger charge is -2.37. The quantitative estimate of drug-likeness (QED) is 0.679. The summed E-state index contributed by atoms with van der Waals surface area (Å²) in [6.45, 7) is 6.36. The van der Waals surface area contributed by atoms with Crippen molar-refractivity contribution in [3.05, 3.63) is 17.7 Å². The molecule has 0 saturated carbocycles. The number of methoxy groups -OCH3 is 3. The summed E-state index contributed by atoms with van der Waals surface area (Å²) in [5.41, 5.74) is 0.517. The monoisotopic (exact) mass is 421 g/mol. The Labute approximate surface area is 179 Å². The van der Waals surface area contributed by atoms with Gasteiger partial charge in [-0.15, -0.1) is 0 Å². The molecule has 1 unspecified atom stereocenters. The first kappa shape index (κ1) is 22.7. The van der Waals surface area contributed by atoms with Gasteiger partial charge in [0.15, 0.2) is 11.5 Å². The fraction of sp³-hybridized carbons (Fsp3) is 0.682. The molecule has 1 amide bonds. The van der Waals surface area contributed by atoms with Gasteiger partial charge >= 0.3 is 0 Å². The van der Waals surface area contributed by atoms with Crippen molar-refractivity contribution >= 4 is 5.91 Å². The number of rotatable bonds is 8. The number of carbonyl (C=O) groups is 1. The second-order valence-electron chi connectivity index (χ2n) is 8.02. The van der Waals surface area contributed by atoms with Gasteiger partial charge in [0, 0.05) is 44.8 Å². The van der Waals surface area contributed by atoms with Crippen LogP contribution < -0.4 is 14.2 Å². The lowest BCUT2D eigenvalue weighted by molar-refractivity contribution is 0.0407. The highest BCUT2D eigenvalue weighted by Crippen LogP contribution is 2.38. The first-order chi connectivity index (χ1) is 14.5. The number of hydrogen-bond donors (Lipinski definition) is 1. The Morgan fingerprint density at radius 2 is 1.40 bits per heavy atom. The highest BCUT2D eigenvalue weighted by Gasteiger charge is 2.26. The van der Waals surface area contributed by atoms with Crippen molar-refractivity contribution in [2.24, 2.45) is 0 Å². The van der Waals surface area contributed by atoms with Gasteiger partial charge in [-0.25, -0.2) is 0 Å². The third kappa shape index (κ3) is 5.56. The minimum atomic E-state index is -0.347. The van der Waals surface area contributed by atoms with Crippen molar-refractivity contribution in [2.45, 2.75) is 25.4 Å². The highest BCUT2D eigenvalue weighted by atomic mass is 16.5. The molecule has 168 valence electrons. The van der Waals surface area contributed by atoms with Gasteiger partial charge in [-0.1, -0.05) is 6.42 Å². The zero-order chi connectivity index (χ0) is 21.5. The van der Waals surface area contributed by atoms with Crippen LogP contribution in [0.5, 0.6) is 17.2 Å². The summed E-state index contributed by atoms with van der Waals surface area (Å²) in [4.78, 5) is 19.5. The van der Waals surface area contributed by atoms with E-state index in [0.29, 0.717) is 42.4 Å². The van der Waals surface area contributed by atoms with E-state index in [1.165, 1.54) is 19.3 Å². The number of aliphatic hydroxyl groups excluding tert-OH is 1. The molecule has 1 aromatic rings. The molecular formula is C22H35N3O5. The molecule has 0 radical (unpaired) electrons. The second-order valence-corrected chi connectivity index (χ2v) is 8.02. The zero-order valence-corrected chi connectivity index (χ0v) is 18.4. The topological polar surface area (TPSA) is 74.7 Å². The van der Waals surface area contributed by atoms with Crippen molar-refractivity contribution < 1.29 is 24.1 Å². The standard InChI is InChI=1S/C22H35N3O5/c1-28-19-13-17(14-20(29-2)21(19)30-3)22(27)25-11-9-24(10-12-25)16-18(26)15-23-7-5-4-6-8-23/h13-14,18,26H,4-12,15-16H2,1-3H3. The van der Waals surface area contributed by atoms with E-state index < -0.39 is 0 Å². The predicted molar refractivity (Wildman–Crippen MR) is 115 cm³/mol. The van der Waals surface area contributed by atoms with E-state index in [-0.39, 0.29) is 12.0 Å². The summed E-state index contributed by atoms with van der Waals surface area (Å²) >= 11 is 0. The number of β-amino-alcohol motifs (C(OH)–C–C–N with tert-alkyl or cyclic N) is 1. The average Bonchev–Trinajstić information content (AvgIpc) is 2.78. The van der Waals surface area contributed by atoms with Crippen LogP contribution in [0.4, 0.5) is 0 Å². The molecule has 0 aliphatic carbocycles. The van der Waals surface area contributed by atoms with E-state index in [4.69, 9.17) is 14.2 Å². The molecule has 2 heterocycles. The number of benzene rings is 1. The largest absolute Gasteiger partial charge is 0.493 e. The van der Waals surface area contributed by atoms with E-state index in [1.807, 2.05) is 4.90 Å². The summed E-state index contributed by atoms with van der Waals surface area (Å²) < 4.78 is 16.1. The fourth-order valence-electron chi connectivity index (χ4n) is 4.32. The normalized spacial score (nSPS) is 19.4. The lowest BCUT2D eigenvalue weighted by atomic mass is 10.1. The Morgan fingerprint density at radius 3 is 1.90 bits per heavy atom. The molecule has 30 heavy (non-hydrogen) atoms. The van der Waals surface area contributed by atoms with Gasteiger partial charge < -0.3 is 29.1 Å². The number of amides is 1. The van der Waals surface area contributed by atoms with E-state index in [0.717, 1.165) is 32.7 Å². The van der Waals surface area contributed by atoms with Crippen LogP contribution >= 0.6 is 0 Å². The molecule has 1 N–H and O–H groups in total. The average molecular weight is 422 g/mol. The molecule has 1 atom stereocenters. The Balaban J connectivity index is 1.53. The Bertz CT molecular complexity index is 675. The van der Waals surface area contributed by atoms with Crippen molar-refractivity contribution in [3.8, 4) is 17.2 Å². The molecule has 8 nitrogen and oxygen atoms in total. The maximum absolute atomic E-state index is 13.0. The molecule has 3 rings (SSSR count). The number of carbonyl (C=O) groups excluding carboxylic acids is 1. The van der Waals surface area contributed by atoms with E-state index in [9.17, 15) is 9.90 Å². The van der Waals surface area contributed by atoms with E-state index in [1.54, 1.807) is 33.5 Å². The van der Waals surface area contributed by atoms with E-state index in [2.05, 4.69) is 9.80 Å². The van der Waals surface area contributed by atoms with Crippen LogP contribution in [-0.2, 0) is 0 Å². The Morgan fingerprint density at radius 1 is 0.867 bits per heavy atom. The molecule has 1 aromatic carbocycles. The Hall–Kier alpha value is -2.03. The summed E-state index contributed by atoms with van der Waals surface area (Å²) in [5, 5.41) is 10.5. The van der Waals surface area contributed by atoms with Gasteiger partial charge in [-0.2, -0.15) is 0 Å². The fourth-order valence-corrected chi connectivity index (χ4v) is 4.32. The van der Waals surface area contributed by atoms with Gasteiger partial charge in [0.2, 0.25) is 5.75 Å². The smallest absolute Gasteiger partial charge is 0.254 e.